The number of nitro benzene ring substituents is 1. The molecule has 6 aromatic rings. The van der Waals surface area contributed by atoms with Gasteiger partial charge in [0.05, 0.1) is 49.0 Å². The van der Waals surface area contributed by atoms with Crippen molar-refractivity contribution in [2.45, 2.75) is 34.6 Å². The third-order valence-electron chi connectivity index (χ3n) is 8.86. The number of rotatable bonds is 13. The Kier molecular flexibility index (Phi) is 17.0. The van der Waals surface area contributed by atoms with E-state index < -0.39 is 4.92 Å². The van der Waals surface area contributed by atoms with Gasteiger partial charge in [0.25, 0.3) is 5.69 Å². The predicted octanol–water partition coefficient (Wildman–Crippen LogP) is 10.3. The standard InChI is InChI=1S/C15H15N5O3.C15H16N4O2.C14H14N4/c1-9-4-5-11(14(6-9)20(21)22)18-19-12-8-15(23-3)13(17-16)7-10(12)2;1-10-4-6-11(7-5-10)18-19-13-9-14(20-2)12(17-16)8-15(13)21-3;1-10-5-3-4-6-14(10)18-17-12-7-8-13(16-15)11(2)9-12/h4-8,16H,1-3H3;4-9,16H,1-3H3;3-9,15H,1-2H3/p+3. The summed E-state index contributed by atoms with van der Waals surface area (Å²) < 4.78 is 15.7. The quantitative estimate of drug-likeness (QED) is 0.0581. The largest absolute Gasteiger partial charge is 0.494 e. The maximum atomic E-state index is 11.1. The van der Waals surface area contributed by atoms with Gasteiger partial charge in [-0.1, -0.05) is 42.0 Å². The summed E-state index contributed by atoms with van der Waals surface area (Å²) in [6, 6.07) is 32.6. The van der Waals surface area contributed by atoms with E-state index in [1.165, 1.54) is 25.8 Å². The van der Waals surface area contributed by atoms with Crippen molar-refractivity contribution in [3.05, 3.63) is 147 Å². The van der Waals surface area contributed by atoms with Gasteiger partial charge in [-0.3, -0.25) is 10.1 Å². The maximum absolute atomic E-state index is 11.1. The molecule has 316 valence electrons. The molecule has 0 unspecified atom stereocenters. The van der Waals surface area contributed by atoms with E-state index >= 15 is 0 Å². The van der Waals surface area contributed by atoms with Crippen LogP contribution < -0.4 is 30.8 Å². The van der Waals surface area contributed by atoms with Crippen LogP contribution in [0.1, 0.15) is 27.8 Å². The first-order valence-corrected chi connectivity index (χ1v) is 18.7. The monoisotopic (exact) mass is 838 g/mol. The number of azo groups is 3. The zero-order chi connectivity index (χ0) is 45.2. The van der Waals surface area contributed by atoms with E-state index in [0.29, 0.717) is 40.0 Å². The number of nitrogens with two attached hydrogens (primary N) is 3. The Morgan fingerprint density at radius 3 is 1.50 bits per heavy atom. The van der Waals surface area contributed by atoms with Gasteiger partial charge in [-0.2, -0.15) is 31.9 Å². The Morgan fingerprint density at radius 1 is 0.435 bits per heavy atom. The number of hydrogen-bond acceptors (Lipinski definition) is 14. The topological polar surface area (TPSA) is 259 Å². The molecule has 18 heteroatoms. The number of aryl methyl sites for hydroxylation is 5. The minimum atomic E-state index is -0.481. The number of nitrogens with zero attached hydrogens (tertiary/aromatic N) is 10. The summed E-state index contributed by atoms with van der Waals surface area (Å²) in [4.78, 5) is 10.6. The molecule has 0 radical (unpaired) electrons. The van der Waals surface area contributed by atoms with E-state index in [2.05, 4.69) is 46.0 Å². The first-order chi connectivity index (χ1) is 29.8. The van der Waals surface area contributed by atoms with Gasteiger partial charge in [-0.25, -0.2) is 0 Å². The number of benzene rings is 6. The normalized spacial score (nSPS) is 10.7. The summed E-state index contributed by atoms with van der Waals surface area (Å²) >= 11 is 0. The highest BCUT2D eigenvalue weighted by Crippen LogP contribution is 2.40. The van der Waals surface area contributed by atoms with Crippen LogP contribution in [0.4, 0.5) is 56.9 Å². The lowest BCUT2D eigenvalue weighted by Gasteiger charge is -2.07. The molecule has 0 saturated heterocycles. The molecule has 0 spiro atoms. The Labute approximate surface area is 358 Å². The van der Waals surface area contributed by atoms with E-state index in [1.807, 2.05) is 94.4 Å². The Hall–Kier alpha value is -8.28. The summed E-state index contributed by atoms with van der Waals surface area (Å²) in [5.74, 6) is 1.48. The lowest BCUT2D eigenvalue weighted by molar-refractivity contribution is -0.384. The van der Waals surface area contributed by atoms with Crippen molar-refractivity contribution in [1.29, 1.82) is 0 Å². The fraction of sp³-hybridized carbons (Fsp3) is 0.182. The molecular formula is C44H48N13O5+3. The molecule has 6 aromatic carbocycles. The van der Waals surface area contributed by atoms with Gasteiger partial charge in [0.15, 0.2) is 28.6 Å². The summed E-state index contributed by atoms with van der Waals surface area (Å²) in [5.41, 5.74) is 26.0. The van der Waals surface area contributed by atoms with E-state index in [-0.39, 0.29) is 11.4 Å². The van der Waals surface area contributed by atoms with Crippen LogP contribution in [0.25, 0.3) is 0 Å². The Balaban J connectivity index is 0.000000206. The Morgan fingerprint density at radius 2 is 0.903 bits per heavy atom. The molecule has 0 bridgehead atoms. The van der Waals surface area contributed by atoms with Crippen LogP contribution in [0, 0.1) is 44.7 Å². The molecule has 62 heavy (non-hydrogen) atoms. The van der Waals surface area contributed by atoms with Crippen LogP contribution in [-0.4, -0.2) is 26.3 Å². The fourth-order valence-electron chi connectivity index (χ4n) is 5.41. The summed E-state index contributed by atoms with van der Waals surface area (Å²) in [7, 11) is 4.58. The van der Waals surface area contributed by atoms with Crippen LogP contribution in [0.15, 0.2) is 155 Å². The van der Waals surface area contributed by atoms with Crippen molar-refractivity contribution in [1.82, 2.24) is 0 Å². The van der Waals surface area contributed by atoms with Gasteiger partial charge in [0, 0.05) is 24.3 Å². The van der Waals surface area contributed by atoms with Crippen molar-refractivity contribution in [2.75, 3.05) is 21.3 Å². The molecule has 6 N–H and O–H groups in total. The molecule has 0 aliphatic heterocycles. The van der Waals surface area contributed by atoms with Gasteiger partial charge in [-0.15, -0.1) is 15.3 Å². The molecule has 18 nitrogen and oxygen atoms in total. The minimum absolute atomic E-state index is 0.0908. The van der Waals surface area contributed by atoms with Gasteiger partial charge in [0.2, 0.25) is 0 Å². The minimum Gasteiger partial charge on any atom is -0.494 e. The zero-order valence-electron chi connectivity index (χ0n) is 35.6. The lowest BCUT2D eigenvalue weighted by Crippen LogP contribution is -2.22. The SMILES string of the molecule is COc1cc(N=Nc2ccc(C)cc2)c(OC)cc1N=[NH2+].COc1cc(N=Nc2ccc(C)cc2[N+](=O)[O-])c(C)cc1N=[NH2+].Cc1cc(N=Nc2ccccc2C)ccc1N=[NH2+]. The predicted molar refractivity (Wildman–Crippen MR) is 233 cm³/mol. The smallest absolute Gasteiger partial charge is 0.296 e. The second-order valence-corrected chi connectivity index (χ2v) is 13.3. The van der Waals surface area contributed by atoms with E-state index in [4.69, 9.17) is 30.8 Å². The zero-order valence-corrected chi connectivity index (χ0v) is 35.6. The highest BCUT2D eigenvalue weighted by atomic mass is 16.6. The number of methoxy groups -OCH3 is 3. The van der Waals surface area contributed by atoms with Crippen LogP contribution in [-0.2, 0) is 0 Å². The molecule has 0 atom stereocenters. The first-order valence-electron chi connectivity index (χ1n) is 18.7. The van der Waals surface area contributed by atoms with Crippen molar-refractivity contribution in [2.24, 2.45) is 46.0 Å². The molecule has 6 rings (SSSR count). The third-order valence-corrected chi connectivity index (χ3v) is 8.86. The van der Waals surface area contributed by atoms with Crippen molar-refractivity contribution >= 4 is 56.9 Å². The second kappa shape index (κ2) is 22.8. The molecular weight excluding hydrogens is 791 g/mol. The average molecular weight is 839 g/mol. The van der Waals surface area contributed by atoms with Crippen LogP contribution in [0.3, 0.4) is 0 Å². The van der Waals surface area contributed by atoms with E-state index in [0.717, 1.165) is 45.0 Å². The highest BCUT2D eigenvalue weighted by molar-refractivity contribution is 5.66. The van der Waals surface area contributed by atoms with Gasteiger partial charge < -0.3 is 14.2 Å². The van der Waals surface area contributed by atoms with E-state index in [9.17, 15) is 10.1 Å². The van der Waals surface area contributed by atoms with Crippen molar-refractivity contribution in [3.63, 3.8) is 0 Å². The van der Waals surface area contributed by atoms with Crippen LogP contribution >= 0.6 is 0 Å². The summed E-state index contributed by atoms with van der Waals surface area (Å²) in [5, 5.41) is 47.0. The number of ether oxygens (including phenoxy) is 3. The van der Waals surface area contributed by atoms with Gasteiger partial charge in [-0.05, 0) is 121 Å². The number of hydrogen-bond donors (Lipinski definition) is 3. The Bertz CT molecular complexity index is 2650. The van der Waals surface area contributed by atoms with Crippen LogP contribution in [0.2, 0.25) is 0 Å². The molecule has 0 amide bonds. The van der Waals surface area contributed by atoms with E-state index in [1.54, 1.807) is 50.4 Å². The molecule has 0 aliphatic carbocycles. The maximum Gasteiger partial charge on any atom is 0.296 e. The molecule has 0 aromatic heterocycles. The highest BCUT2D eigenvalue weighted by Gasteiger charge is 2.15. The molecule has 0 fully saturated rings. The fourth-order valence-corrected chi connectivity index (χ4v) is 5.41. The molecule has 0 saturated carbocycles. The average Bonchev–Trinajstić information content (AvgIpc) is 3.28. The van der Waals surface area contributed by atoms with Crippen molar-refractivity contribution < 1.29 is 35.7 Å². The summed E-state index contributed by atoms with van der Waals surface area (Å²) in [6.45, 7) is 9.56. The van der Waals surface area contributed by atoms with Crippen LogP contribution in [0.5, 0.6) is 17.2 Å². The second-order valence-electron chi connectivity index (χ2n) is 13.3. The first kappa shape index (κ1) is 46.4. The van der Waals surface area contributed by atoms with Gasteiger partial charge in [0.1, 0.15) is 17.1 Å². The molecule has 0 aliphatic rings. The van der Waals surface area contributed by atoms with Crippen molar-refractivity contribution in [3.8, 4) is 17.2 Å². The molecule has 0 heterocycles. The third kappa shape index (κ3) is 12.9. The van der Waals surface area contributed by atoms with Gasteiger partial charge >= 0.3 is 0 Å². The number of nitro groups is 1. The summed E-state index contributed by atoms with van der Waals surface area (Å²) in [6.07, 6.45) is 0. The lowest BCUT2D eigenvalue weighted by atomic mass is 10.1.